The molecule has 0 aliphatic heterocycles. The molecular formula is C18H19N5OS. The molecule has 25 heavy (non-hydrogen) atoms. The first kappa shape index (κ1) is 16.0. The number of benzene rings is 1. The number of rotatable bonds is 4. The summed E-state index contributed by atoms with van der Waals surface area (Å²) in [6, 6.07) is 5.47. The fourth-order valence-electron chi connectivity index (χ4n) is 3.19. The third-order valence-electron chi connectivity index (χ3n) is 4.41. The van der Waals surface area contributed by atoms with Gasteiger partial charge in [0.05, 0.1) is 15.7 Å². The highest BCUT2D eigenvalue weighted by Gasteiger charge is 2.16. The van der Waals surface area contributed by atoms with E-state index in [0.29, 0.717) is 13.0 Å². The van der Waals surface area contributed by atoms with Gasteiger partial charge in [0.25, 0.3) is 0 Å². The average Bonchev–Trinajstić information content (AvgIpc) is 3.23. The molecule has 128 valence electrons. The molecule has 3 aromatic rings. The lowest BCUT2D eigenvalue weighted by molar-refractivity contribution is 0.252. The third-order valence-corrected chi connectivity index (χ3v) is 5.20. The van der Waals surface area contributed by atoms with Crippen LogP contribution in [0.2, 0.25) is 0 Å². The number of nitrogens with one attached hydrogen (secondary N) is 2. The van der Waals surface area contributed by atoms with E-state index in [0.717, 1.165) is 40.3 Å². The quantitative estimate of drug-likeness (QED) is 0.754. The molecule has 0 bridgehead atoms. The number of nitrogens with zero attached hydrogens (tertiary/aromatic N) is 3. The molecule has 7 heteroatoms. The third kappa shape index (κ3) is 3.46. The highest BCUT2D eigenvalue weighted by atomic mass is 32.1. The minimum absolute atomic E-state index is 0.221. The Balaban J connectivity index is 1.32. The summed E-state index contributed by atoms with van der Waals surface area (Å²) in [6.07, 6.45) is 3.93. The Labute approximate surface area is 149 Å². The van der Waals surface area contributed by atoms with Gasteiger partial charge in [0.15, 0.2) is 0 Å². The summed E-state index contributed by atoms with van der Waals surface area (Å²) in [7, 11) is 0. The van der Waals surface area contributed by atoms with Crippen molar-refractivity contribution in [2.24, 2.45) is 0 Å². The molecule has 0 fully saturated rings. The van der Waals surface area contributed by atoms with Crippen LogP contribution in [0.1, 0.15) is 29.2 Å². The Kier molecular flexibility index (Phi) is 4.31. The molecule has 4 rings (SSSR count). The molecule has 0 radical (unpaired) electrons. The number of aryl methyl sites for hydroxylation is 2. The summed E-state index contributed by atoms with van der Waals surface area (Å²) in [6.45, 7) is 2.55. The molecule has 2 N–H and O–H groups in total. The second kappa shape index (κ2) is 6.76. The number of anilines is 1. The number of fused-ring (bicyclic) bond motifs is 2. The van der Waals surface area contributed by atoms with Gasteiger partial charge in [-0.3, -0.25) is 0 Å². The second-order valence-electron chi connectivity index (χ2n) is 6.17. The van der Waals surface area contributed by atoms with Crippen molar-refractivity contribution in [1.29, 1.82) is 0 Å². The van der Waals surface area contributed by atoms with Crippen LogP contribution in [0.25, 0.3) is 10.2 Å². The zero-order chi connectivity index (χ0) is 17.2. The molecule has 2 heterocycles. The molecule has 0 saturated carbocycles. The van der Waals surface area contributed by atoms with Gasteiger partial charge in [0.1, 0.15) is 5.82 Å². The highest BCUT2D eigenvalue weighted by Crippen LogP contribution is 2.23. The number of hydrogen-bond acceptors (Lipinski definition) is 5. The number of carbonyl (C=O) groups is 1. The van der Waals surface area contributed by atoms with Crippen molar-refractivity contribution in [3.63, 3.8) is 0 Å². The van der Waals surface area contributed by atoms with Gasteiger partial charge < -0.3 is 10.6 Å². The SMILES string of the molecule is Cc1nc(CCNC(=O)Nc2ccc3ncsc3c2)nc2c1CCC2. The molecule has 1 aromatic carbocycles. The van der Waals surface area contributed by atoms with Gasteiger partial charge in [-0.15, -0.1) is 11.3 Å². The number of amides is 2. The summed E-state index contributed by atoms with van der Waals surface area (Å²) >= 11 is 1.56. The predicted molar refractivity (Wildman–Crippen MR) is 99.1 cm³/mol. The van der Waals surface area contributed by atoms with Crippen LogP contribution < -0.4 is 10.6 Å². The van der Waals surface area contributed by atoms with Gasteiger partial charge in [0, 0.05) is 30.0 Å². The predicted octanol–water partition coefficient (Wildman–Crippen LogP) is 3.25. The van der Waals surface area contributed by atoms with E-state index in [4.69, 9.17) is 0 Å². The topological polar surface area (TPSA) is 79.8 Å². The fourth-order valence-corrected chi connectivity index (χ4v) is 3.91. The summed E-state index contributed by atoms with van der Waals surface area (Å²) in [5.41, 5.74) is 7.09. The van der Waals surface area contributed by atoms with Crippen LogP contribution >= 0.6 is 11.3 Å². The number of urea groups is 1. The highest BCUT2D eigenvalue weighted by molar-refractivity contribution is 7.16. The van der Waals surface area contributed by atoms with E-state index in [1.807, 2.05) is 25.1 Å². The monoisotopic (exact) mass is 353 g/mol. The summed E-state index contributed by atoms with van der Waals surface area (Å²) in [4.78, 5) is 25.5. The lowest BCUT2D eigenvalue weighted by atomic mass is 10.2. The largest absolute Gasteiger partial charge is 0.337 e. The minimum Gasteiger partial charge on any atom is -0.337 e. The Morgan fingerprint density at radius 1 is 1.28 bits per heavy atom. The molecule has 6 nitrogen and oxygen atoms in total. The van der Waals surface area contributed by atoms with Gasteiger partial charge >= 0.3 is 6.03 Å². The van der Waals surface area contributed by atoms with E-state index in [1.54, 1.807) is 16.8 Å². The maximum absolute atomic E-state index is 12.1. The van der Waals surface area contributed by atoms with Crippen LogP contribution in [0.3, 0.4) is 0 Å². The van der Waals surface area contributed by atoms with Crippen LogP contribution in [0.5, 0.6) is 0 Å². The van der Waals surface area contributed by atoms with Crippen molar-refractivity contribution in [2.45, 2.75) is 32.6 Å². The first-order valence-electron chi connectivity index (χ1n) is 8.42. The van der Waals surface area contributed by atoms with Crippen molar-refractivity contribution < 1.29 is 4.79 Å². The number of hydrogen-bond donors (Lipinski definition) is 2. The van der Waals surface area contributed by atoms with Gasteiger partial charge in [-0.1, -0.05) is 0 Å². The number of aromatic nitrogens is 3. The zero-order valence-electron chi connectivity index (χ0n) is 14.0. The van der Waals surface area contributed by atoms with Crippen LogP contribution in [0, 0.1) is 6.92 Å². The van der Waals surface area contributed by atoms with Gasteiger partial charge in [0.2, 0.25) is 0 Å². The zero-order valence-corrected chi connectivity index (χ0v) is 14.8. The summed E-state index contributed by atoms with van der Waals surface area (Å²) in [5, 5.41) is 5.72. The molecule has 0 atom stereocenters. The van der Waals surface area contributed by atoms with Crippen molar-refractivity contribution in [1.82, 2.24) is 20.3 Å². The Hall–Kier alpha value is -2.54. The lowest BCUT2D eigenvalue weighted by Crippen LogP contribution is -2.30. The maximum Gasteiger partial charge on any atom is 0.319 e. The maximum atomic E-state index is 12.1. The standard InChI is InChI=1S/C18H19N5OS/c1-11-13-3-2-4-14(13)23-17(21-11)7-8-19-18(24)22-12-5-6-15-16(9-12)25-10-20-15/h5-6,9-10H,2-4,7-8H2,1H3,(H2,19,22,24). The normalized spacial score (nSPS) is 13.0. The van der Waals surface area contributed by atoms with Gasteiger partial charge in [-0.05, 0) is 49.9 Å². The minimum atomic E-state index is -0.221. The van der Waals surface area contributed by atoms with Gasteiger partial charge in [-0.25, -0.2) is 19.7 Å². The van der Waals surface area contributed by atoms with Crippen molar-refractivity contribution in [3.05, 3.63) is 46.5 Å². The summed E-state index contributed by atoms with van der Waals surface area (Å²) in [5.74, 6) is 0.810. The van der Waals surface area contributed by atoms with E-state index in [-0.39, 0.29) is 6.03 Å². The fraction of sp³-hybridized carbons (Fsp3) is 0.333. The van der Waals surface area contributed by atoms with Crippen molar-refractivity contribution >= 4 is 33.3 Å². The first-order chi connectivity index (χ1) is 12.2. The smallest absolute Gasteiger partial charge is 0.319 e. The molecule has 1 aliphatic carbocycles. The number of carbonyl (C=O) groups excluding carboxylic acids is 1. The Bertz CT molecular complexity index is 936. The molecule has 0 unspecified atom stereocenters. The Morgan fingerprint density at radius 2 is 2.20 bits per heavy atom. The van der Waals surface area contributed by atoms with Crippen LogP contribution in [0.4, 0.5) is 10.5 Å². The molecule has 1 aliphatic rings. The molecular weight excluding hydrogens is 334 g/mol. The van der Waals surface area contributed by atoms with Crippen LogP contribution in [-0.2, 0) is 19.3 Å². The van der Waals surface area contributed by atoms with Gasteiger partial charge in [-0.2, -0.15) is 0 Å². The molecule has 2 amide bonds. The van der Waals surface area contributed by atoms with Crippen molar-refractivity contribution in [2.75, 3.05) is 11.9 Å². The first-order valence-corrected chi connectivity index (χ1v) is 9.30. The molecule has 2 aromatic heterocycles. The lowest BCUT2D eigenvalue weighted by Gasteiger charge is -2.09. The van der Waals surface area contributed by atoms with E-state index in [9.17, 15) is 4.79 Å². The van der Waals surface area contributed by atoms with Crippen LogP contribution in [-0.4, -0.2) is 27.5 Å². The second-order valence-corrected chi connectivity index (χ2v) is 7.06. The van der Waals surface area contributed by atoms with E-state index in [2.05, 4.69) is 25.6 Å². The van der Waals surface area contributed by atoms with E-state index in [1.165, 1.54) is 17.7 Å². The molecule has 0 saturated heterocycles. The Morgan fingerprint density at radius 3 is 3.12 bits per heavy atom. The molecule has 0 spiro atoms. The van der Waals surface area contributed by atoms with Crippen LogP contribution in [0.15, 0.2) is 23.7 Å². The number of thiazole rings is 1. The summed E-state index contributed by atoms with van der Waals surface area (Å²) < 4.78 is 1.06. The van der Waals surface area contributed by atoms with Crippen molar-refractivity contribution in [3.8, 4) is 0 Å². The van der Waals surface area contributed by atoms with E-state index >= 15 is 0 Å². The average molecular weight is 353 g/mol. The van der Waals surface area contributed by atoms with E-state index < -0.39 is 0 Å².